The second-order valence-corrected chi connectivity index (χ2v) is 10.3. The number of hydrogen-bond donors (Lipinski definition) is 1. The summed E-state index contributed by atoms with van der Waals surface area (Å²) in [7, 11) is 5.45. The second-order valence-electron chi connectivity index (χ2n) is 10.3. The van der Waals surface area contributed by atoms with Crippen molar-refractivity contribution in [1.29, 1.82) is 0 Å². The molecule has 8 nitrogen and oxygen atoms in total. The number of carbonyl (C=O) groups is 3. The van der Waals surface area contributed by atoms with E-state index in [9.17, 15) is 19.5 Å². The van der Waals surface area contributed by atoms with E-state index in [2.05, 4.69) is 43.4 Å². The molecule has 0 aromatic heterocycles. The Morgan fingerprint density at radius 1 is 0.816 bits per heavy atom. The van der Waals surface area contributed by atoms with Crippen molar-refractivity contribution < 1.29 is 38.2 Å². The maximum atomic E-state index is 12.4. The number of aliphatic carboxylic acids is 1. The Balaban J connectivity index is 4.37. The summed E-state index contributed by atoms with van der Waals surface area (Å²) in [5, 5.41) is 9.44. The average molecular weight is 539 g/mol. The molecule has 0 fully saturated rings. The highest BCUT2D eigenvalue weighted by Gasteiger charge is 2.31. The summed E-state index contributed by atoms with van der Waals surface area (Å²) in [6.07, 6.45) is 20.5. The van der Waals surface area contributed by atoms with Gasteiger partial charge in [-0.15, -0.1) is 0 Å². The van der Waals surface area contributed by atoms with Crippen molar-refractivity contribution in [2.75, 3.05) is 41.0 Å². The number of rotatable bonds is 23. The molecule has 0 saturated carbocycles. The molecule has 0 aromatic carbocycles. The van der Waals surface area contributed by atoms with Gasteiger partial charge >= 0.3 is 17.9 Å². The quantitative estimate of drug-likeness (QED) is 0.0780. The van der Waals surface area contributed by atoms with Crippen molar-refractivity contribution in [2.24, 2.45) is 0 Å². The Morgan fingerprint density at radius 3 is 2.08 bits per heavy atom. The third-order valence-corrected chi connectivity index (χ3v) is 5.77. The highest BCUT2D eigenvalue weighted by atomic mass is 16.6. The van der Waals surface area contributed by atoms with E-state index in [4.69, 9.17) is 14.2 Å². The van der Waals surface area contributed by atoms with Crippen LogP contribution in [0.3, 0.4) is 0 Å². The number of carboxylic acids is 1. The van der Waals surface area contributed by atoms with Gasteiger partial charge in [-0.1, -0.05) is 56.7 Å². The lowest BCUT2D eigenvalue weighted by Crippen LogP contribution is -2.50. The average Bonchev–Trinajstić information content (AvgIpc) is 2.84. The molecule has 0 aromatic rings. The first-order chi connectivity index (χ1) is 18.1. The standard InChI is InChI=1S/C30H51NO7/c1-6-8-9-10-11-12-13-14-15-16-17-18-19-21-29(33)38-26(25-37-28(32)20-7-2)24-36-23-22-27(30(34)35)31(3,4)5/h8-9,11-12,14-15,26-27H,6-7,10,13,16-25H2,1-5H3/p+1/b9-8-,12-11-,15-14-. The number of esters is 2. The zero-order valence-corrected chi connectivity index (χ0v) is 24.4. The van der Waals surface area contributed by atoms with E-state index in [1.165, 1.54) is 0 Å². The Bertz CT molecular complexity index is 737. The van der Waals surface area contributed by atoms with Crippen LogP contribution in [0, 0.1) is 0 Å². The zero-order valence-electron chi connectivity index (χ0n) is 24.4. The first-order valence-corrected chi connectivity index (χ1v) is 14.0. The van der Waals surface area contributed by atoms with Crippen molar-refractivity contribution in [3.63, 3.8) is 0 Å². The Kier molecular flexibility index (Phi) is 21.1. The van der Waals surface area contributed by atoms with Crippen molar-refractivity contribution in [2.45, 2.75) is 96.6 Å². The third kappa shape index (κ3) is 20.6. The number of quaternary nitrogens is 1. The minimum atomic E-state index is -0.889. The summed E-state index contributed by atoms with van der Waals surface area (Å²) in [5.74, 6) is -1.58. The molecule has 0 rings (SSSR count). The lowest BCUT2D eigenvalue weighted by Gasteiger charge is -2.31. The van der Waals surface area contributed by atoms with Gasteiger partial charge in [0, 0.05) is 19.3 Å². The third-order valence-electron chi connectivity index (χ3n) is 5.77. The number of carbonyl (C=O) groups excluding carboxylic acids is 2. The Labute approximate surface area is 230 Å². The molecule has 0 saturated heterocycles. The second kappa shape index (κ2) is 22.5. The largest absolute Gasteiger partial charge is 0.477 e. The minimum absolute atomic E-state index is 0.0444. The molecular weight excluding hydrogens is 486 g/mol. The van der Waals surface area contributed by atoms with Crippen LogP contribution in [0.4, 0.5) is 0 Å². The van der Waals surface area contributed by atoms with Crippen molar-refractivity contribution in [3.8, 4) is 0 Å². The van der Waals surface area contributed by atoms with Crippen LogP contribution in [0.25, 0.3) is 0 Å². The lowest BCUT2D eigenvalue weighted by atomic mass is 10.1. The highest BCUT2D eigenvalue weighted by Crippen LogP contribution is 2.10. The van der Waals surface area contributed by atoms with E-state index in [1.54, 1.807) is 0 Å². The SMILES string of the molecule is CC/C=C\C/C=C\C/C=C\CCCCCC(=O)OC(COCCC(C(=O)O)[N+](C)(C)C)COC(=O)CCC. The van der Waals surface area contributed by atoms with E-state index in [1.807, 2.05) is 28.1 Å². The van der Waals surface area contributed by atoms with E-state index < -0.39 is 18.1 Å². The Morgan fingerprint density at radius 2 is 1.47 bits per heavy atom. The summed E-state index contributed by atoms with van der Waals surface area (Å²) in [6, 6.07) is -0.613. The number of carboxylic acid groups (broad SMARTS) is 1. The molecular formula is C30H52NO7+. The van der Waals surface area contributed by atoms with Gasteiger partial charge < -0.3 is 23.8 Å². The number of ether oxygens (including phenoxy) is 3. The molecule has 1 N–H and O–H groups in total. The minimum Gasteiger partial charge on any atom is -0.477 e. The number of nitrogens with zero attached hydrogens (tertiary/aromatic N) is 1. The fraction of sp³-hybridized carbons (Fsp3) is 0.700. The number of allylic oxidation sites excluding steroid dienone is 6. The molecule has 2 atom stereocenters. The normalized spacial score (nSPS) is 13.8. The van der Waals surface area contributed by atoms with Crippen molar-refractivity contribution in [3.05, 3.63) is 36.5 Å². The van der Waals surface area contributed by atoms with E-state index in [0.717, 1.165) is 44.9 Å². The molecule has 0 aliphatic heterocycles. The lowest BCUT2D eigenvalue weighted by molar-refractivity contribution is -0.887. The molecule has 38 heavy (non-hydrogen) atoms. The summed E-state index contributed by atoms with van der Waals surface area (Å²) >= 11 is 0. The van der Waals surface area contributed by atoms with Crippen LogP contribution in [0.2, 0.25) is 0 Å². The smallest absolute Gasteiger partial charge is 0.362 e. The van der Waals surface area contributed by atoms with Gasteiger partial charge in [-0.3, -0.25) is 9.59 Å². The maximum Gasteiger partial charge on any atom is 0.362 e. The molecule has 0 aliphatic carbocycles. The van der Waals surface area contributed by atoms with Gasteiger partial charge in [0.05, 0.1) is 34.4 Å². The number of unbranched alkanes of at least 4 members (excludes halogenated alkanes) is 3. The summed E-state index contributed by atoms with van der Waals surface area (Å²) < 4.78 is 16.7. The predicted molar refractivity (Wildman–Crippen MR) is 151 cm³/mol. The fourth-order valence-electron chi connectivity index (χ4n) is 3.61. The van der Waals surface area contributed by atoms with Crippen LogP contribution >= 0.6 is 0 Å². The number of likely N-dealkylation sites (N-methyl/N-ethyl adjacent to an activating group) is 1. The predicted octanol–water partition coefficient (Wildman–Crippen LogP) is 5.62. The van der Waals surface area contributed by atoms with Crippen LogP contribution in [-0.2, 0) is 28.6 Å². The first-order valence-electron chi connectivity index (χ1n) is 14.0. The van der Waals surface area contributed by atoms with E-state index in [0.29, 0.717) is 25.7 Å². The molecule has 0 aliphatic rings. The Hall–Kier alpha value is -2.45. The van der Waals surface area contributed by atoms with E-state index >= 15 is 0 Å². The topological polar surface area (TPSA) is 99.1 Å². The highest BCUT2D eigenvalue weighted by molar-refractivity contribution is 5.72. The van der Waals surface area contributed by atoms with Crippen LogP contribution in [0.1, 0.15) is 84.5 Å². The molecule has 218 valence electrons. The monoisotopic (exact) mass is 538 g/mol. The molecule has 0 spiro atoms. The molecule has 0 bridgehead atoms. The summed E-state index contributed by atoms with van der Waals surface area (Å²) in [6.45, 7) is 4.18. The van der Waals surface area contributed by atoms with Crippen LogP contribution < -0.4 is 0 Å². The zero-order chi connectivity index (χ0) is 28.7. The van der Waals surface area contributed by atoms with Gasteiger partial charge in [0.2, 0.25) is 0 Å². The van der Waals surface area contributed by atoms with E-state index in [-0.39, 0.29) is 36.2 Å². The molecule has 0 amide bonds. The van der Waals surface area contributed by atoms with Gasteiger partial charge in [0.25, 0.3) is 0 Å². The van der Waals surface area contributed by atoms with Gasteiger partial charge in [-0.05, 0) is 44.9 Å². The van der Waals surface area contributed by atoms with Crippen LogP contribution in [-0.4, -0.2) is 80.6 Å². The molecule has 0 radical (unpaired) electrons. The molecule has 8 heteroatoms. The molecule has 2 unspecified atom stereocenters. The first kappa shape index (κ1) is 35.5. The van der Waals surface area contributed by atoms with Gasteiger partial charge in [-0.2, -0.15) is 0 Å². The molecule has 0 heterocycles. The fourth-order valence-corrected chi connectivity index (χ4v) is 3.61. The van der Waals surface area contributed by atoms with Crippen LogP contribution in [0.15, 0.2) is 36.5 Å². The van der Waals surface area contributed by atoms with Crippen LogP contribution in [0.5, 0.6) is 0 Å². The van der Waals surface area contributed by atoms with Gasteiger partial charge in [0.1, 0.15) is 6.61 Å². The van der Waals surface area contributed by atoms with Crippen molar-refractivity contribution in [1.82, 2.24) is 0 Å². The van der Waals surface area contributed by atoms with Gasteiger partial charge in [0.15, 0.2) is 12.1 Å². The maximum absolute atomic E-state index is 12.4. The van der Waals surface area contributed by atoms with Crippen molar-refractivity contribution >= 4 is 17.9 Å². The summed E-state index contributed by atoms with van der Waals surface area (Å²) in [5.41, 5.74) is 0. The number of hydrogen-bond acceptors (Lipinski definition) is 6. The summed E-state index contributed by atoms with van der Waals surface area (Å²) in [4.78, 5) is 35.6. The van der Waals surface area contributed by atoms with Gasteiger partial charge in [-0.25, -0.2) is 4.79 Å².